The average Bonchev–Trinajstić information content (AvgIpc) is 2.55. The molecule has 0 bridgehead atoms. The quantitative estimate of drug-likeness (QED) is 0.640. The van der Waals surface area contributed by atoms with Crippen LogP contribution >= 0.6 is 0 Å². The lowest BCUT2D eigenvalue weighted by Crippen LogP contribution is -2.25. The van der Waals surface area contributed by atoms with E-state index in [2.05, 4.69) is 5.32 Å². The number of hydrogen-bond acceptors (Lipinski definition) is 5. The second kappa shape index (κ2) is 9.89. The van der Waals surface area contributed by atoms with Gasteiger partial charge in [0.2, 0.25) is 11.7 Å². The summed E-state index contributed by atoms with van der Waals surface area (Å²) in [4.78, 5) is 11.8. The molecule has 0 aromatic heterocycles. The molecule has 0 aliphatic carbocycles. The fourth-order valence-electron chi connectivity index (χ4n) is 2.12. The van der Waals surface area contributed by atoms with E-state index in [1.165, 1.54) is 0 Å². The van der Waals surface area contributed by atoms with Crippen molar-refractivity contribution in [3.8, 4) is 17.2 Å². The summed E-state index contributed by atoms with van der Waals surface area (Å²) < 4.78 is 15.9. The third-order valence-electron chi connectivity index (χ3n) is 3.32. The Hall–Kier alpha value is -1.95. The summed E-state index contributed by atoms with van der Waals surface area (Å²) in [5.74, 6) is 1.78. The van der Waals surface area contributed by atoms with Crippen LogP contribution in [0, 0.1) is 0 Å². The molecule has 22 heavy (non-hydrogen) atoms. The zero-order valence-corrected chi connectivity index (χ0v) is 13.6. The maximum atomic E-state index is 11.8. The van der Waals surface area contributed by atoms with E-state index in [9.17, 15) is 4.79 Å². The van der Waals surface area contributed by atoms with Gasteiger partial charge in [-0.15, -0.1) is 0 Å². The van der Waals surface area contributed by atoms with Gasteiger partial charge >= 0.3 is 0 Å². The maximum absolute atomic E-state index is 11.8. The number of ether oxygens (including phenoxy) is 3. The summed E-state index contributed by atoms with van der Waals surface area (Å²) in [6, 6.07) is 3.73. The van der Waals surface area contributed by atoms with Crippen LogP contribution in [0.2, 0.25) is 0 Å². The molecule has 0 spiro atoms. The summed E-state index contributed by atoms with van der Waals surface area (Å²) in [5, 5.41) is 2.89. The molecule has 0 saturated heterocycles. The molecular weight excluding hydrogens is 284 g/mol. The Balaban J connectivity index is 2.60. The molecule has 0 unspecified atom stereocenters. The summed E-state index contributed by atoms with van der Waals surface area (Å²) in [6.07, 6.45) is 2.86. The van der Waals surface area contributed by atoms with Gasteiger partial charge < -0.3 is 25.3 Å². The third-order valence-corrected chi connectivity index (χ3v) is 3.32. The lowest BCUT2D eigenvalue weighted by molar-refractivity contribution is -0.121. The van der Waals surface area contributed by atoms with Crippen LogP contribution in [0.15, 0.2) is 12.1 Å². The first-order valence-electron chi connectivity index (χ1n) is 7.41. The number of nitrogens with one attached hydrogen (secondary N) is 1. The fourth-order valence-corrected chi connectivity index (χ4v) is 2.12. The van der Waals surface area contributed by atoms with Crippen LogP contribution in [0.3, 0.4) is 0 Å². The molecule has 0 heterocycles. The number of carbonyl (C=O) groups excluding carboxylic acids is 1. The van der Waals surface area contributed by atoms with Gasteiger partial charge in [-0.3, -0.25) is 4.79 Å². The van der Waals surface area contributed by atoms with Gasteiger partial charge in [-0.25, -0.2) is 0 Å². The standard InChI is InChI=1S/C16H26N2O4/c1-20-13-10-12(11-14(21-2)16(13)22-3)6-7-15(19)18-9-5-4-8-17/h10-11H,4-9,17H2,1-3H3,(H,18,19). The Labute approximate surface area is 131 Å². The molecular formula is C16H26N2O4. The van der Waals surface area contributed by atoms with Crippen molar-refractivity contribution in [1.82, 2.24) is 5.32 Å². The molecule has 0 saturated carbocycles. The van der Waals surface area contributed by atoms with E-state index in [-0.39, 0.29) is 5.91 Å². The molecule has 1 aromatic carbocycles. The van der Waals surface area contributed by atoms with Crippen molar-refractivity contribution in [2.75, 3.05) is 34.4 Å². The van der Waals surface area contributed by atoms with Gasteiger partial charge in [-0.2, -0.15) is 0 Å². The molecule has 0 atom stereocenters. The Morgan fingerprint density at radius 2 is 1.73 bits per heavy atom. The van der Waals surface area contributed by atoms with E-state index in [1.54, 1.807) is 21.3 Å². The highest BCUT2D eigenvalue weighted by atomic mass is 16.5. The highest BCUT2D eigenvalue weighted by Crippen LogP contribution is 2.38. The van der Waals surface area contributed by atoms with Gasteiger partial charge in [0.05, 0.1) is 21.3 Å². The van der Waals surface area contributed by atoms with Crippen LogP contribution in [0.5, 0.6) is 17.2 Å². The van der Waals surface area contributed by atoms with Crippen molar-refractivity contribution in [3.63, 3.8) is 0 Å². The average molecular weight is 310 g/mol. The predicted octanol–water partition coefficient (Wildman–Crippen LogP) is 1.50. The molecule has 0 aliphatic rings. The van der Waals surface area contributed by atoms with Gasteiger partial charge in [0.25, 0.3) is 0 Å². The highest BCUT2D eigenvalue weighted by Gasteiger charge is 2.13. The number of carbonyl (C=O) groups is 1. The summed E-state index contributed by atoms with van der Waals surface area (Å²) >= 11 is 0. The van der Waals surface area contributed by atoms with E-state index in [4.69, 9.17) is 19.9 Å². The number of methoxy groups -OCH3 is 3. The minimum absolute atomic E-state index is 0.0331. The molecule has 1 aromatic rings. The first kappa shape index (κ1) is 18.1. The number of rotatable bonds is 10. The van der Waals surface area contributed by atoms with Gasteiger partial charge in [0.15, 0.2) is 11.5 Å². The lowest BCUT2D eigenvalue weighted by Gasteiger charge is -2.14. The number of benzene rings is 1. The van der Waals surface area contributed by atoms with Gasteiger partial charge in [-0.1, -0.05) is 0 Å². The van der Waals surface area contributed by atoms with Gasteiger partial charge in [-0.05, 0) is 43.5 Å². The minimum Gasteiger partial charge on any atom is -0.493 e. The molecule has 0 radical (unpaired) electrons. The van der Waals surface area contributed by atoms with Crippen molar-refractivity contribution in [1.29, 1.82) is 0 Å². The molecule has 3 N–H and O–H groups in total. The van der Waals surface area contributed by atoms with Crippen molar-refractivity contribution >= 4 is 5.91 Å². The van der Waals surface area contributed by atoms with Crippen LogP contribution in [0.1, 0.15) is 24.8 Å². The normalized spacial score (nSPS) is 10.2. The first-order valence-corrected chi connectivity index (χ1v) is 7.41. The predicted molar refractivity (Wildman–Crippen MR) is 85.7 cm³/mol. The van der Waals surface area contributed by atoms with Gasteiger partial charge in [0, 0.05) is 13.0 Å². The minimum atomic E-state index is 0.0331. The van der Waals surface area contributed by atoms with Crippen molar-refractivity contribution in [2.24, 2.45) is 5.73 Å². The first-order chi connectivity index (χ1) is 10.7. The molecule has 6 nitrogen and oxygen atoms in total. The SMILES string of the molecule is COc1cc(CCC(=O)NCCCCN)cc(OC)c1OC. The second-order valence-corrected chi connectivity index (χ2v) is 4.88. The van der Waals surface area contributed by atoms with E-state index >= 15 is 0 Å². The Morgan fingerprint density at radius 1 is 1.09 bits per heavy atom. The van der Waals surface area contributed by atoms with Crippen molar-refractivity contribution < 1.29 is 19.0 Å². The summed E-state index contributed by atoms with van der Waals surface area (Å²) in [5.41, 5.74) is 6.38. The third kappa shape index (κ3) is 5.44. The highest BCUT2D eigenvalue weighted by molar-refractivity contribution is 5.76. The van der Waals surface area contributed by atoms with Crippen LogP contribution in [-0.2, 0) is 11.2 Å². The number of amides is 1. The number of aryl methyl sites for hydroxylation is 1. The van der Waals surface area contributed by atoms with E-state index in [1.807, 2.05) is 12.1 Å². The molecule has 1 amide bonds. The topological polar surface area (TPSA) is 82.8 Å². The van der Waals surface area contributed by atoms with E-state index in [0.717, 1.165) is 18.4 Å². The zero-order chi connectivity index (χ0) is 16.4. The van der Waals surface area contributed by atoms with Crippen molar-refractivity contribution in [3.05, 3.63) is 17.7 Å². The molecule has 124 valence electrons. The van der Waals surface area contributed by atoms with Crippen LogP contribution in [-0.4, -0.2) is 40.3 Å². The zero-order valence-electron chi connectivity index (χ0n) is 13.6. The Morgan fingerprint density at radius 3 is 2.23 bits per heavy atom. The lowest BCUT2D eigenvalue weighted by atomic mass is 10.1. The number of hydrogen-bond donors (Lipinski definition) is 2. The van der Waals surface area contributed by atoms with E-state index < -0.39 is 0 Å². The smallest absolute Gasteiger partial charge is 0.220 e. The molecule has 1 rings (SSSR count). The Kier molecular flexibility index (Phi) is 8.14. The largest absolute Gasteiger partial charge is 0.493 e. The second-order valence-electron chi connectivity index (χ2n) is 4.88. The van der Waals surface area contributed by atoms with Gasteiger partial charge in [0.1, 0.15) is 0 Å². The molecule has 0 fully saturated rings. The van der Waals surface area contributed by atoms with Crippen LogP contribution < -0.4 is 25.3 Å². The summed E-state index contributed by atoms with van der Waals surface area (Å²) in [7, 11) is 4.71. The Bertz CT molecular complexity index is 452. The number of unbranched alkanes of at least 4 members (excludes halogenated alkanes) is 1. The fraction of sp³-hybridized carbons (Fsp3) is 0.562. The monoisotopic (exact) mass is 310 g/mol. The van der Waals surface area contributed by atoms with Crippen molar-refractivity contribution in [2.45, 2.75) is 25.7 Å². The molecule has 0 aliphatic heterocycles. The number of nitrogens with two attached hydrogens (primary N) is 1. The van der Waals surface area contributed by atoms with Crippen LogP contribution in [0.4, 0.5) is 0 Å². The van der Waals surface area contributed by atoms with E-state index in [0.29, 0.717) is 43.2 Å². The maximum Gasteiger partial charge on any atom is 0.220 e. The molecule has 6 heteroatoms. The van der Waals surface area contributed by atoms with Crippen LogP contribution in [0.25, 0.3) is 0 Å². The summed E-state index contributed by atoms with van der Waals surface area (Å²) in [6.45, 7) is 1.33.